The lowest BCUT2D eigenvalue weighted by molar-refractivity contribution is 0.0977. The van der Waals surface area contributed by atoms with Gasteiger partial charge >= 0.3 is 0 Å². The van der Waals surface area contributed by atoms with Gasteiger partial charge in [-0.3, -0.25) is 14.8 Å². The van der Waals surface area contributed by atoms with Gasteiger partial charge < -0.3 is 14.8 Å². The van der Waals surface area contributed by atoms with Crippen LogP contribution in [-0.4, -0.2) is 32.1 Å². The van der Waals surface area contributed by atoms with Crippen LogP contribution < -0.4 is 24.8 Å². The molecule has 3 aromatic rings. The lowest BCUT2D eigenvalue weighted by Gasteiger charge is -2.14. The number of hydrogen-bond acceptors (Lipinski definition) is 6. The fourth-order valence-electron chi connectivity index (χ4n) is 3.08. The van der Waals surface area contributed by atoms with Crippen molar-refractivity contribution < 1.29 is 22.7 Å². The number of anilines is 2. The van der Waals surface area contributed by atoms with Crippen molar-refractivity contribution in [2.24, 2.45) is 0 Å². The van der Waals surface area contributed by atoms with Gasteiger partial charge in [-0.2, -0.15) is 0 Å². The number of rotatable bonds is 10. The highest BCUT2D eigenvalue weighted by Gasteiger charge is 2.15. The second-order valence-electron chi connectivity index (χ2n) is 7.86. The second-order valence-corrected chi connectivity index (χ2v) is 9.95. The lowest BCUT2D eigenvalue weighted by Crippen LogP contribution is -2.34. The summed E-state index contributed by atoms with van der Waals surface area (Å²) in [6.07, 6.45) is 0.885. The largest absolute Gasteiger partial charge is 0.494 e. The van der Waals surface area contributed by atoms with E-state index in [0.29, 0.717) is 35.0 Å². The van der Waals surface area contributed by atoms with Crippen molar-refractivity contribution in [1.82, 2.24) is 5.32 Å². The highest BCUT2D eigenvalue weighted by Crippen LogP contribution is 2.21. The van der Waals surface area contributed by atoms with E-state index >= 15 is 0 Å². The summed E-state index contributed by atoms with van der Waals surface area (Å²) in [6.45, 7) is 6.38. The maximum absolute atomic E-state index is 12.7. The predicted molar refractivity (Wildman–Crippen MR) is 145 cm³/mol. The van der Waals surface area contributed by atoms with Gasteiger partial charge in [0.1, 0.15) is 11.5 Å². The third-order valence-corrected chi connectivity index (χ3v) is 6.68. The monoisotopic (exact) mass is 527 g/mol. The normalized spacial score (nSPS) is 11.8. The molecule has 0 heterocycles. The van der Waals surface area contributed by atoms with Crippen LogP contribution in [0.2, 0.25) is 0 Å². The molecule has 0 aliphatic rings. The Bertz CT molecular complexity index is 1290. The van der Waals surface area contributed by atoms with Gasteiger partial charge in [-0.15, -0.1) is 0 Å². The van der Waals surface area contributed by atoms with E-state index in [1.54, 1.807) is 60.7 Å². The first-order chi connectivity index (χ1) is 17.2. The molecule has 0 aliphatic heterocycles. The van der Waals surface area contributed by atoms with Crippen LogP contribution in [0.4, 0.5) is 11.4 Å². The predicted octanol–water partition coefficient (Wildman–Crippen LogP) is 5.19. The molecule has 1 amide bonds. The number of ether oxygens (including phenoxy) is 2. The molecule has 0 bridgehead atoms. The van der Waals surface area contributed by atoms with Crippen molar-refractivity contribution in [3.63, 3.8) is 0 Å². The van der Waals surface area contributed by atoms with Gasteiger partial charge in [0.25, 0.3) is 15.9 Å². The zero-order valence-corrected chi connectivity index (χ0v) is 21.9. The van der Waals surface area contributed by atoms with E-state index in [9.17, 15) is 13.2 Å². The molecule has 0 radical (unpaired) electrons. The fourth-order valence-corrected chi connectivity index (χ4v) is 4.35. The molecule has 3 N–H and O–H groups in total. The average molecular weight is 528 g/mol. The van der Waals surface area contributed by atoms with Crippen molar-refractivity contribution in [3.05, 3.63) is 78.4 Å². The first-order valence-electron chi connectivity index (χ1n) is 11.4. The topological polar surface area (TPSA) is 106 Å². The smallest absolute Gasteiger partial charge is 0.261 e. The van der Waals surface area contributed by atoms with Crippen molar-refractivity contribution >= 4 is 44.6 Å². The zero-order chi connectivity index (χ0) is 26.1. The van der Waals surface area contributed by atoms with E-state index in [-0.39, 0.29) is 22.0 Å². The van der Waals surface area contributed by atoms with E-state index in [4.69, 9.17) is 21.7 Å². The molecule has 0 aliphatic carbocycles. The Kier molecular flexibility index (Phi) is 9.26. The van der Waals surface area contributed by atoms with E-state index in [2.05, 4.69) is 15.4 Å². The molecular weight excluding hydrogens is 498 g/mol. The van der Waals surface area contributed by atoms with Gasteiger partial charge in [0.15, 0.2) is 5.11 Å². The van der Waals surface area contributed by atoms with E-state index in [1.165, 1.54) is 12.1 Å². The molecule has 10 heteroatoms. The van der Waals surface area contributed by atoms with Gasteiger partial charge in [-0.05, 0) is 99.2 Å². The Balaban J connectivity index is 1.58. The SMILES string of the molecule is CCOc1ccc(NS(=O)(=O)c2ccc(NC(=S)NC(=O)c3cccc(OC(C)CC)c3)cc2)cc1. The third-order valence-electron chi connectivity index (χ3n) is 5.08. The number of carbonyl (C=O) groups excluding carboxylic acids is 1. The molecule has 0 spiro atoms. The summed E-state index contributed by atoms with van der Waals surface area (Å²) in [5.74, 6) is 0.874. The number of thiocarbonyl (C=S) groups is 1. The van der Waals surface area contributed by atoms with Crippen LogP contribution in [0.25, 0.3) is 0 Å². The Morgan fingerprint density at radius 3 is 2.25 bits per heavy atom. The molecule has 0 saturated heterocycles. The highest BCUT2D eigenvalue weighted by atomic mass is 32.2. The molecule has 3 aromatic carbocycles. The molecule has 3 rings (SSSR count). The quantitative estimate of drug-likeness (QED) is 0.312. The minimum Gasteiger partial charge on any atom is -0.494 e. The summed E-state index contributed by atoms with van der Waals surface area (Å²) in [7, 11) is -3.79. The third kappa shape index (κ3) is 7.69. The fraction of sp³-hybridized carbons (Fsp3) is 0.231. The summed E-state index contributed by atoms with van der Waals surface area (Å²) < 4.78 is 39.1. The van der Waals surface area contributed by atoms with Gasteiger partial charge in [0.2, 0.25) is 0 Å². The van der Waals surface area contributed by atoms with Crippen LogP contribution in [0.5, 0.6) is 11.5 Å². The number of nitrogens with one attached hydrogen (secondary N) is 3. The van der Waals surface area contributed by atoms with Gasteiger partial charge in [-0.25, -0.2) is 8.42 Å². The van der Waals surface area contributed by atoms with Crippen molar-refractivity contribution in [1.29, 1.82) is 0 Å². The Hall–Kier alpha value is -3.63. The number of hydrogen-bond donors (Lipinski definition) is 3. The van der Waals surface area contributed by atoms with Crippen LogP contribution in [0.1, 0.15) is 37.6 Å². The number of carbonyl (C=O) groups is 1. The lowest BCUT2D eigenvalue weighted by atomic mass is 10.2. The van der Waals surface area contributed by atoms with Crippen LogP contribution in [0.15, 0.2) is 77.7 Å². The minimum absolute atomic E-state index is 0.0361. The molecule has 0 fully saturated rings. The first-order valence-corrected chi connectivity index (χ1v) is 13.3. The van der Waals surface area contributed by atoms with Gasteiger partial charge in [0, 0.05) is 16.9 Å². The minimum atomic E-state index is -3.79. The van der Waals surface area contributed by atoms with E-state index in [0.717, 1.165) is 6.42 Å². The summed E-state index contributed by atoms with van der Waals surface area (Å²) in [4.78, 5) is 12.7. The van der Waals surface area contributed by atoms with Crippen LogP contribution in [0, 0.1) is 0 Å². The summed E-state index contributed by atoms with van der Waals surface area (Å²) in [5.41, 5.74) is 1.35. The Labute approximate surface area is 217 Å². The Morgan fingerprint density at radius 1 is 0.944 bits per heavy atom. The van der Waals surface area contributed by atoms with Crippen molar-refractivity contribution in [2.45, 2.75) is 38.2 Å². The molecule has 1 atom stereocenters. The average Bonchev–Trinajstić information content (AvgIpc) is 2.85. The van der Waals surface area contributed by atoms with E-state index in [1.807, 2.05) is 20.8 Å². The molecule has 0 aromatic heterocycles. The molecular formula is C26H29N3O5S2. The van der Waals surface area contributed by atoms with Gasteiger partial charge in [-0.1, -0.05) is 13.0 Å². The molecule has 190 valence electrons. The maximum Gasteiger partial charge on any atom is 0.261 e. The number of amides is 1. The maximum atomic E-state index is 12.7. The van der Waals surface area contributed by atoms with Crippen LogP contribution in [-0.2, 0) is 10.0 Å². The molecule has 8 nitrogen and oxygen atoms in total. The molecule has 0 saturated carbocycles. The zero-order valence-electron chi connectivity index (χ0n) is 20.3. The molecule has 36 heavy (non-hydrogen) atoms. The molecule has 1 unspecified atom stereocenters. The summed E-state index contributed by atoms with van der Waals surface area (Å²) in [6, 6.07) is 19.5. The van der Waals surface area contributed by atoms with E-state index < -0.39 is 10.0 Å². The van der Waals surface area contributed by atoms with Crippen molar-refractivity contribution in [3.8, 4) is 11.5 Å². The first kappa shape index (κ1) is 27.0. The standard InChI is InChI=1S/C26H29N3O5S2/c1-4-18(3)34-23-8-6-7-19(17-23)25(30)28-26(35)27-20-11-15-24(16-12-20)36(31,32)29-21-9-13-22(14-10-21)33-5-2/h6-18,29H,4-5H2,1-3H3,(H2,27,28,30,35). The number of benzene rings is 3. The van der Waals surface area contributed by atoms with Crippen LogP contribution in [0.3, 0.4) is 0 Å². The van der Waals surface area contributed by atoms with Crippen molar-refractivity contribution in [2.75, 3.05) is 16.6 Å². The second kappa shape index (κ2) is 12.4. The van der Waals surface area contributed by atoms with Crippen LogP contribution >= 0.6 is 12.2 Å². The Morgan fingerprint density at radius 2 is 1.61 bits per heavy atom. The highest BCUT2D eigenvalue weighted by molar-refractivity contribution is 7.92. The number of sulfonamides is 1. The summed E-state index contributed by atoms with van der Waals surface area (Å²) in [5, 5.41) is 5.58. The van der Waals surface area contributed by atoms with Gasteiger partial charge in [0.05, 0.1) is 17.6 Å². The summed E-state index contributed by atoms with van der Waals surface area (Å²) >= 11 is 5.24.